The van der Waals surface area contributed by atoms with Crippen LogP contribution in [0.1, 0.15) is 41.6 Å². The molecule has 2 radical (unpaired) electrons. The van der Waals surface area contributed by atoms with Gasteiger partial charge in [0.25, 0.3) is 5.91 Å². The van der Waals surface area contributed by atoms with Crippen LogP contribution in [0.3, 0.4) is 0 Å². The first-order chi connectivity index (χ1) is 18.7. The normalized spacial score (nSPS) is 17.4. The number of hydrogen-bond donors (Lipinski definition) is 2. The highest BCUT2D eigenvalue weighted by atomic mass is 32.2. The molecule has 1 saturated heterocycles. The number of unbranched alkanes of at least 4 members (excludes halogenated alkanes) is 1. The summed E-state index contributed by atoms with van der Waals surface area (Å²) >= 11 is 0. The van der Waals surface area contributed by atoms with Crippen LogP contribution >= 0.6 is 0 Å². The maximum absolute atomic E-state index is 15.9. The molecule has 5 rings (SSSR count). The zero-order valence-corrected chi connectivity index (χ0v) is 22.9. The van der Waals surface area contributed by atoms with Crippen LogP contribution in [-0.4, -0.2) is 74.4 Å². The van der Waals surface area contributed by atoms with E-state index in [4.69, 9.17) is 12.7 Å². The van der Waals surface area contributed by atoms with Crippen LogP contribution in [0.4, 0.5) is 15.8 Å². The molecule has 0 bridgehead atoms. The first kappa shape index (κ1) is 27.6. The van der Waals surface area contributed by atoms with E-state index in [9.17, 15) is 13.2 Å². The number of nitrogens with one attached hydrogen (secondary N) is 2. The second kappa shape index (κ2) is 11.7. The molecule has 12 heteroatoms. The Bertz CT molecular complexity index is 1460. The van der Waals surface area contributed by atoms with Crippen LogP contribution in [-0.2, 0) is 21.2 Å². The molecule has 1 aliphatic heterocycles. The monoisotopic (exact) mass is 553 g/mol. The minimum absolute atomic E-state index is 0.0215. The predicted octanol–water partition coefficient (Wildman–Crippen LogP) is 2.60. The number of rotatable bonds is 11. The Morgan fingerprint density at radius 2 is 1.92 bits per heavy atom. The summed E-state index contributed by atoms with van der Waals surface area (Å²) in [4.78, 5) is 25.1. The van der Waals surface area contributed by atoms with Crippen molar-refractivity contribution in [1.82, 2.24) is 19.9 Å². The number of aromatic nitrogens is 2. The van der Waals surface area contributed by atoms with Crippen LogP contribution in [0.15, 0.2) is 30.6 Å². The Labute approximate surface area is 229 Å². The molecule has 0 unspecified atom stereocenters. The molecule has 2 aromatic carbocycles. The van der Waals surface area contributed by atoms with Crippen LogP contribution in [0.25, 0.3) is 11.0 Å². The molecule has 1 aliphatic carbocycles. The number of carbonyl (C=O) groups excluding carboxylic acids is 1. The molecule has 9 nitrogen and oxygen atoms in total. The molecule has 1 amide bonds. The summed E-state index contributed by atoms with van der Waals surface area (Å²) < 4.78 is 41.0. The smallest absolute Gasteiger partial charge is 0.277 e. The van der Waals surface area contributed by atoms with Crippen molar-refractivity contribution >= 4 is 51.5 Å². The first-order valence-electron chi connectivity index (χ1n) is 13.4. The van der Waals surface area contributed by atoms with Gasteiger partial charge < -0.3 is 14.8 Å². The van der Waals surface area contributed by atoms with E-state index in [1.807, 2.05) is 11.5 Å². The summed E-state index contributed by atoms with van der Waals surface area (Å²) in [6.07, 6.45) is 5.41. The fraction of sp³-hybridized carbons (Fsp3) is 0.481. The van der Waals surface area contributed by atoms with Gasteiger partial charge in [0.05, 0.1) is 41.2 Å². The van der Waals surface area contributed by atoms with Gasteiger partial charge in [0.2, 0.25) is 0 Å². The van der Waals surface area contributed by atoms with E-state index in [0.29, 0.717) is 48.8 Å². The average Bonchev–Trinajstić information content (AvgIpc) is 3.63. The fourth-order valence-electron chi connectivity index (χ4n) is 4.75. The van der Waals surface area contributed by atoms with Crippen LogP contribution in [0.5, 0.6) is 0 Å². The summed E-state index contributed by atoms with van der Waals surface area (Å²) in [5.41, 5.74) is 5.32. The van der Waals surface area contributed by atoms with Gasteiger partial charge in [-0.3, -0.25) is 9.63 Å². The van der Waals surface area contributed by atoms with Gasteiger partial charge in [0.1, 0.15) is 13.4 Å². The highest BCUT2D eigenvalue weighted by molar-refractivity contribution is 7.91. The summed E-state index contributed by atoms with van der Waals surface area (Å²) in [7, 11) is 2.97. The second-order valence-electron chi connectivity index (χ2n) is 10.5. The third-order valence-electron chi connectivity index (χ3n) is 7.35. The van der Waals surface area contributed by atoms with E-state index >= 15 is 4.39 Å². The van der Waals surface area contributed by atoms with Crippen molar-refractivity contribution in [2.75, 3.05) is 43.1 Å². The molecule has 2 aliphatic rings. The highest BCUT2D eigenvalue weighted by Crippen LogP contribution is 2.32. The standard InChI is InChI=1S/C27H33BFN5O4S/c1-18-14-20(28)6-7-22(18)31-25-21(27(35)32-38-16-19-4-5-19)15-23-26(24(25)29)30-17-34(23)9-3-2-8-33-10-12-39(36,37)13-11-33/h6-7,14-15,17,19,31H,2-5,8-13,16H2,1H3,(H,32,35). The third kappa shape index (κ3) is 6.80. The number of hydroxylamine groups is 1. The Morgan fingerprint density at radius 1 is 1.18 bits per heavy atom. The molecular formula is C27H33BFN5O4S. The highest BCUT2D eigenvalue weighted by Gasteiger charge is 2.25. The lowest BCUT2D eigenvalue weighted by atomic mass is 9.94. The van der Waals surface area contributed by atoms with Crippen molar-refractivity contribution in [2.45, 2.75) is 39.2 Å². The van der Waals surface area contributed by atoms with E-state index in [2.05, 4.69) is 20.7 Å². The summed E-state index contributed by atoms with van der Waals surface area (Å²) in [5, 5.41) is 3.08. The number of amides is 1. The van der Waals surface area contributed by atoms with Crippen LogP contribution in [0.2, 0.25) is 0 Å². The van der Waals surface area contributed by atoms with Crippen LogP contribution < -0.4 is 16.3 Å². The number of carbonyl (C=O) groups is 1. The molecule has 2 fully saturated rings. The number of aryl methyl sites for hydroxylation is 2. The topological polar surface area (TPSA) is 106 Å². The Morgan fingerprint density at radius 3 is 2.64 bits per heavy atom. The lowest BCUT2D eigenvalue weighted by Gasteiger charge is -2.26. The van der Waals surface area contributed by atoms with E-state index in [0.717, 1.165) is 37.8 Å². The van der Waals surface area contributed by atoms with Crippen molar-refractivity contribution in [3.63, 3.8) is 0 Å². The lowest BCUT2D eigenvalue weighted by Crippen LogP contribution is -2.40. The molecule has 2 N–H and O–H groups in total. The van der Waals surface area contributed by atoms with Gasteiger partial charge in [-0.2, -0.15) is 0 Å². The zero-order valence-electron chi connectivity index (χ0n) is 22.1. The van der Waals surface area contributed by atoms with Gasteiger partial charge in [-0.05, 0) is 62.8 Å². The number of sulfone groups is 1. The second-order valence-corrected chi connectivity index (χ2v) is 12.8. The number of fused-ring (bicyclic) bond motifs is 1. The maximum atomic E-state index is 15.9. The largest absolute Gasteiger partial charge is 0.352 e. The molecule has 0 atom stereocenters. The van der Waals surface area contributed by atoms with E-state index in [1.54, 1.807) is 30.6 Å². The molecule has 1 saturated carbocycles. The molecule has 1 aromatic heterocycles. The molecule has 0 spiro atoms. The Kier molecular flexibility index (Phi) is 8.25. The Balaban J connectivity index is 1.34. The van der Waals surface area contributed by atoms with E-state index < -0.39 is 21.6 Å². The van der Waals surface area contributed by atoms with Crippen molar-refractivity contribution < 1.29 is 22.4 Å². The SMILES string of the molecule is [B]c1ccc(Nc2c(C(=O)NOCC3CC3)cc3c(ncn3CCCCN3CCS(=O)(=O)CC3)c2F)c(C)c1. The van der Waals surface area contributed by atoms with Crippen molar-refractivity contribution in [3.8, 4) is 0 Å². The zero-order chi connectivity index (χ0) is 27.6. The van der Waals surface area contributed by atoms with Crippen molar-refractivity contribution in [3.05, 3.63) is 47.5 Å². The number of nitrogens with zero attached hydrogens (tertiary/aromatic N) is 3. The number of imidazole rings is 1. The molecular weight excluding hydrogens is 520 g/mol. The lowest BCUT2D eigenvalue weighted by molar-refractivity contribution is 0.0271. The van der Waals surface area contributed by atoms with Gasteiger partial charge in [-0.1, -0.05) is 17.6 Å². The van der Waals surface area contributed by atoms with Gasteiger partial charge in [-0.15, -0.1) is 0 Å². The molecule has 206 valence electrons. The van der Waals surface area contributed by atoms with Gasteiger partial charge in [0, 0.05) is 25.3 Å². The maximum Gasteiger partial charge on any atom is 0.277 e. The van der Waals surface area contributed by atoms with Gasteiger partial charge >= 0.3 is 0 Å². The third-order valence-corrected chi connectivity index (χ3v) is 8.96. The number of hydrogen-bond acceptors (Lipinski definition) is 7. The minimum atomic E-state index is -2.90. The Hall–Kier alpha value is -2.96. The van der Waals surface area contributed by atoms with Crippen LogP contribution in [0, 0.1) is 18.7 Å². The average molecular weight is 553 g/mol. The summed E-state index contributed by atoms with van der Waals surface area (Å²) in [6, 6.07) is 6.87. The molecule has 2 heterocycles. The molecule has 3 aromatic rings. The van der Waals surface area contributed by atoms with Crippen molar-refractivity contribution in [1.29, 1.82) is 0 Å². The number of anilines is 2. The fourth-order valence-corrected chi connectivity index (χ4v) is 6.03. The van der Waals surface area contributed by atoms with E-state index in [-0.39, 0.29) is 28.3 Å². The predicted molar refractivity (Wildman–Crippen MR) is 150 cm³/mol. The molecule has 39 heavy (non-hydrogen) atoms. The number of benzene rings is 2. The van der Waals surface area contributed by atoms with Gasteiger partial charge in [-0.25, -0.2) is 23.3 Å². The van der Waals surface area contributed by atoms with Crippen molar-refractivity contribution in [2.24, 2.45) is 5.92 Å². The van der Waals surface area contributed by atoms with Gasteiger partial charge in [0.15, 0.2) is 15.7 Å². The summed E-state index contributed by atoms with van der Waals surface area (Å²) in [5.74, 6) is -0.292. The number of halogens is 1. The van der Waals surface area contributed by atoms with E-state index in [1.165, 1.54) is 0 Å². The minimum Gasteiger partial charge on any atom is -0.352 e. The quantitative estimate of drug-likeness (QED) is 0.214. The summed E-state index contributed by atoms with van der Waals surface area (Å²) in [6.45, 7) is 4.79. The first-order valence-corrected chi connectivity index (χ1v) is 15.2.